The molecule has 2 rings (SSSR count). The van der Waals surface area contributed by atoms with E-state index >= 15 is 0 Å². The van der Waals surface area contributed by atoms with Gasteiger partial charge in [0.05, 0.1) is 23.8 Å². The molecule has 0 atom stereocenters. The van der Waals surface area contributed by atoms with Crippen molar-refractivity contribution in [3.63, 3.8) is 0 Å². The fraction of sp³-hybridized carbons (Fsp3) is 0.278. The fourth-order valence-corrected chi connectivity index (χ4v) is 2.01. The number of nitrogens with zero attached hydrogens (tertiary/aromatic N) is 3. The predicted molar refractivity (Wildman–Crippen MR) is 89.4 cm³/mol. The summed E-state index contributed by atoms with van der Waals surface area (Å²) in [5, 5.41) is 4.84. The third-order valence-electron chi connectivity index (χ3n) is 3.03. The summed E-state index contributed by atoms with van der Waals surface area (Å²) >= 11 is 0. The minimum Gasteiger partial charge on any atom is -0.478 e. The summed E-state index contributed by atoms with van der Waals surface area (Å²) in [6, 6.07) is 11.4. The number of hydrogen-bond donors (Lipinski definition) is 0. The smallest absolute Gasteiger partial charge is 0.250 e. The van der Waals surface area contributed by atoms with Gasteiger partial charge >= 0.3 is 0 Å². The molecule has 1 aromatic heterocycles. The Kier molecular flexibility index (Phi) is 6.29. The van der Waals surface area contributed by atoms with E-state index in [1.54, 1.807) is 16.9 Å². The summed E-state index contributed by atoms with van der Waals surface area (Å²) in [5.41, 5.74) is 0.889. The molecule has 0 aliphatic carbocycles. The van der Waals surface area contributed by atoms with Gasteiger partial charge in [0.2, 0.25) is 11.8 Å². The lowest BCUT2D eigenvalue weighted by molar-refractivity contribution is -0.117. The van der Waals surface area contributed by atoms with Crippen molar-refractivity contribution in [2.24, 2.45) is 4.99 Å². The van der Waals surface area contributed by atoms with Gasteiger partial charge in [-0.15, -0.1) is 0 Å². The maximum atomic E-state index is 11.8. The highest BCUT2D eigenvalue weighted by Gasteiger charge is 2.05. The molecule has 23 heavy (non-hydrogen) atoms. The first kappa shape index (κ1) is 16.7. The van der Waals surface area contributed by atoms with E-state index in [1.807, 2.05) is 56.3 Å². The van der Waals surface area contributed by atoms with Crippen molar-refractivity contribution in [1.82, 2.24) is 9.78 Å². The van der Waals surface area contributed by atoms with Gasteiger partial charge in [0, 0.05) is 12.5 Å². The second-order valence-electron chi connectivity index (χ2n) is 4.82. The molecule has 0 fully saturated rings. The van der Waals surface area contributed by atoms with Crippen LogP contribution in [-0.4, -0.2) is 22.3 Å². The number of aromatic nitrogens is 2. The van der Waals surface area contributed by atoms with E-state index in [0.29, 0.717) is 24.3 Å². The summed E-state index contributed by atoms with van der Waals surface area (Å²) in [4.78, 5) is 15.9. The number of amides is 1. The molecule has 0 saturated carbocycles. The van der Waals surface area contributed by atoms with Crippen LogP contribution in [0, 0.1) is 0 Å². The minimum absolute atomic E-state index is 0.198. The average molecular weight is 311 g/mol. The molecular weight excluding hydrogens is 290 g/mol. The summed E-state index contributed by atoms with van der Waals surface area (Å²) in [6.07, 6.45) is 6.55. The molecule has 0 radical (unpaired) electrons. The van der Waals surface area contributed by atoms with Crippen LogP contribution in [0.3, 0.4) is 0 Å². The van der Waals surface area contributed by atoms with Crippen LogP contribution in [0.25, 0.3) is 5.69 Å². The monoisotopic (exact) mass is 311 g/mol. The van der Waals surface area contributed by atoms with Gasteiger partial charge < -0.3 is 4.74 Å². The average Bonchev–Trinajstić information content (AvgIpc) is 2.56. The van der Waals surface area contributed by atoms with Crippen LogP contribution in [0.4, 0.5) is 0 Å². The first-order chi connectivity index (χ1) is 11.2. The molecule has 5 heteroatoms. The third kappa shape index (κ3) is 4.92. The molecule has 0 aliphatic heterocycles. The SMILES string of the molecule is CCC=CCC(=O)/N=c1/cnn(-c2ccccc2)c(OCC)c1. The number of rotatable bonds is 6. The summed E-state index contributed by atoms with van der Waals surface area (Å²) in [6.45, 7) is 4.43. The van der Waals surface area contributed by atoms with Gasteiger partial charge in [-0.25, -0.2) is 9.67 Å². The minimum atomic E-state index is -0.198. The molecule has 0 saturated heterocycles. The quantitative estimate of drug-likeness (QED) is 0.770. The predicted octanol–water partition coefficient (Wildman–Crippen LogP) is 3.05. The highest BCUT2D eigenvalue weighted by atomic mass is 16.5. The number of carbonyl (C=O) groups is 1. The van der Waals surface area contributed by atoms with E-state index in [4.69, 9.17) is 4.74 Å². The van der Waals surface area contributed by atoms with Gasteiger partial charge in [0.25, 0.3) is 0 Å². The van der Waals surface area contributed by atoms with Gasteiger partial charge in [-0.3, -0.25) is 4.79 Å². The van der Waals surface area contributed by atoms with Crippen molar-refractivity contribution in [3.8, 4) is 11.6 Å². The molecule has 120 valence electrons. The van der Waals surface area contributed by atoms with Crippen LogP contribution in [0.2, 0.25) is 0 Å². The highest BCUT2D eigenvalue weighted by Crippen LogP contribution is 2.13. The van der Waals surface area contributed by atoms with E-state index in [1.165, 1.54) is 0 Å². The first-order valence-corrected chi connectivity index (χ1v) is 7.74. The van der Waals surface area contributed by atoms with Crippen LogP contribution in [-0.2, 0) is 4.79 Å². The highest BCUT2D eigenvalue weighted by molar-refractivity contribution is 5.78. The topological polar surface area (TPSA) is 56.5 Å². The zero-order valence-corrected chi connectivity index (χ0v) is 13.5. The molecular formula is C18H21N3O2. The number of allylic oxidation sites excluding steroid dienone is 1. The number of hydrogen-bond acceptors (Lipinski definition) is 3. The molecule has 0 aliphatic rings. The van der Waals surface area contributed by atoms with Crippen LogP contribution in [0.5, 0.6) is 5.88 Å². The first-order valence-electron chi connectivity index (χ1n) is 7.74. The Labute approximate surface area is 136 Å². The molecule has 0 N–H and O–H groups in total. The summed E-state index contributed by atoms with van der Waals surface area (Å²) in [7, 11) is 0. The molecule has 0 unspecified atom stereocenters. The van der Waals surface area contributed by atoms with Crippen molar-refractivity contribution in [3.05, 3.63) is 60.1 Å². The van der Waals surface area contributed by atoms with E-state index < -0.39 is 0 Å². The molecule has 1 aromatic carbocycles. The lowest BCUT2D eigenvalue weighted by atomic mass is 10.3. The molecule has 5 nitrogen and oxygen atoms in total. The van der Waals surface area contributed by atoms with Crippen LogP contribution in [0.1, 0.15) is 26.7 Å². The second-order valence-corrected chi connectivity index (χ2v) is 4.82. The van der Waals surface area contributed by atoms with Gasteiger partial charge in [-0.05, 0) is 25.5 Å². The largest absolute Gasteiger partial charge is 0.478 e. The number of carbonyl (C=O) groups excluding carboxylic acids is 1. The summed E-state index contributed by atoms with van der Waals surface area (Å²) < 4.78 is 7.31. The van der Waals surface area contributed by atoms with E-state index in [2.05, 4.69) is 10.1 Å². The Morgan fingerprint density at radius 3 is 2.74 bits per heavy atom. The lowest BCUT2D eigenvalue weighted by Crippen LogP contribution is -2.15. The van der Waals surface area contributed by atoms with Crippen LogP contribution >= 0.6 is 0 Å². The van der Waals surface area contributed by atoms with Gasteiger partial charge in [-0.1, -0.05) is 37.3 Å². The Bertz CT molecular complexity index is 733. The van der Waals surface area contributed by atoms with Crippen molar-refractivity contribution >= 4 is 5.91 Å². The van der Waals surface area contributed by atoms with Crippen molar-refractivity contribution < 1.29 is 9.53 Å². The maximum Gasteiger partial charge on any atom is 0.250 e. The molecule has 1 heterocycles. The van der Waals surface area contributed by atoms with Crippen LogP contribution in [0.15, 0.2) is 59.7 Å². The van der Waals surface area contributed by atoms with Gasteiger partial charge in [0.15, 0.2) is 0 Å². The fourth-order valence-electron chi connectivity index (χ4n) is 2.01. The van der Waals surface area contributed by atoms with Crippen molar-refractivity contribution in [2.45, 2.75) is 26.7 Å². The molecule has 1 amide bonds. The standard InChI is InChI=1S/C18H21N3O2/c1-3-5-7-12-17(22)20-15-13-18(23-4-2)21(19-14-15)16-10-8-6-9-11-16/h5-11,13-14H,3-4,12H2,1-2H3/b7-5?,20-15+. The Balaban J connectivity index is 2.32. The van der Waals surface area contributed by atoms with Gasteiger partial charge in [-0.2, -0.15) is 5.10 Å². The van der Waals surface area contributed by atoms with E-state index in [0.717, 1.165) is 12.1 Å². The molecule has 0 spiro atoms. The van der Waals surface area contributed by atoms with Crippen molar-refractivity contribution in [1.29, 1.82) is 0 Å². The number of benzene rings is 1. The third-order valence-corrected chi connectivity index (χ3v) is 3.03. The normalized spacial score (nSPS) is 11.8. The zero-order chi connectivity index (χ0) is 16.5. The van der Waals surface area contributed by atoms with E-state index in [-0.39, 0.29) is 5.91 Å². The van der Waals surface area contributed by atoms with Gasteiger partial charge in [0.1, 0.15) is 0 Å². The van der Waals surface area contributed by atoms with Crippen LogP contribution < -0.4 is 10.1 Å². The Morgan fingerprint density at radius 2 is 2.04 bits per heavy atom. The molecule has 2 aromatic rings. The number of ether oxygens (including phenoxy) is 1. The van der Waals surface area contributed by atoms with E-state index in [9.17, 15) is 4.79 Å². The zero-order valence-electron chi connectivity index (χ0n) is 13.5. The molecule has 0 bridgehead atoms. The maximum absolute atomic E-state index is 11.8. The second kappa shape index (κ2) is 8.68. The lowest BCUT2D eigenvalue weighted by Gasteiger charge is -2.11. The Morgan fingerprint density at radius 1 is 1.26 bits per heavy atom. The Hall–Kier alpha value is -2.69. The van der Waals surface area contributed by atoms with Crippen molar-refractivity contribution in [2.75, 3.05) is 6.61 Å². The number of para-hydroxylation sites is 1. The summed E-state index contributed by atoms with van der Waals surface area (Å²) in [5.74, 6) is 0.355.